The Kier molecular flexibility index (Phi) is 2.26. The molecule has 1 fully saturated rings. The van der Waals surface area contributed by atoms with Gasteiger partial charge in [0.1, 0.15) is 0 Å². The summed E-state index contributed by atoms with van der Waals surface area (Å²) < 4.78 is 0. The number of aromatic nitrogens is 2. The summed E-state index contributed by atoms with van der Waals surface area (Å²) >= 11 is 0. The fourth-order valence-electron chi connectivity index (χ4n) is 2.48. The maximum absolute atomic E-state index is 4.42. The van der Waals surface area contributed by atoms with Gasteiger partial charge in [-0.05, 0) is 30.7 Å². The molecular weight excluding hydrogens is 198 g/mol. The Bertz CT molecular complexity index is 387. The normalized spacial score (nSPS) is 21.9. The van der Waals surface area contributed by atoms with Crippen LogP contribution in [-0.4, -0.2) is 16.0 Å². The van der Waals surface area contributed by atoms with Crippen LogP contribution in [0.3, 0.4) is 0 Å². The van der Waals surface area contributed by atoms with E-state index in [4.69, 9.17) is 0 Å². The Labute approximate surface area is 97.7 Å². The van der Waals surface area contributed by atoms with Crippen molar-refractivity contribution in [2.45, 2.75) is 47.6 Å². The van der Waals surface area contributed by atoms with E-state index in [1.54, 1.807) is 0 Å². The van der Waals surface area contributed by atoms with Crippen LogP contribution in [0.2, 0.25) is 0 Å². The van der Waals surface area contributed by atoms with Gasteiger partial charge in [-0.25, -0.2) is 9.97 Å². The highest BCUT2D eigenvalue weighted by Crippen LogP contribution is 2.63. The number of hydrogen-bond acceptors (Lipinski definition) is 3. The molecule has 0 radical (unpaired) electrons. The Morgan fingerprint density at radius 2 is 1.44 bits per heavy atom. The molecule has 1 aromatic heterocycles. The third-order valence-corrected chi connectivity index (χ3v) is 4.28. The van der Waals surface area contributed by atoms with Crippen molar-refractivity contribution < 1.29 is 0 Å². The highest BCUT2D eigenvalue weighted by atomic mass is 15.2. The predicted octanol–water partition coefficient (Wildman–Crippen LogP) is 2.94. The first kappa shape index (κ1) is 11.4. The van der Waals surface area contributed by atoms with Gasteiger partial charge in [-0.1, -0.05) is 27.7 Å². The average molecular weight is 219 g/mol. The van der Waals surface area contributed by atoms with E-state index in [9.17, 15) is 0 Å². The molecule has 1 heterocycles. The van der Waals surface area contributed by atoms with Gasteiger partial charge >= 0.3 is 0 Å². The molecule has 88 valence electrons. The van der Waals surface area contributed by atoms with Gasteiger partial charge in [-0.3, -0.25) is 0 Å². The van der Waals surface area contributed by atoms with E-state index >= 15 is 0 Å². The van der Waals surface area contributed by atoms with Crippen LogP contribution in [0.15, 0.2) is 6.07 Å². The topological polar surface area (TPSA) is 37.8 Å². The minimum atomic E-state index is 0.314. The molecule has 0 unspecified atom stereocenters. The molecule has 1 aromatic rings. The van der Waals surface area contributed by atoms with Crippen molar-refractivity contribution in [2.24, 2.45) is 10.8 Å². The van der Waals surface area contributed by atoms with Gasteiger partial charge in [-0.15, -0.1) is 0 Å². The highest BCUT2D eigenvalue weighted by Gasteiger charge is 2.65. The summed E-state index contributed by atoms with van der Waals surface area (Å²) in [6.07, 6.45) is 0. The molecule has 0 bridgehead atoms. The maximum atomic E-state index is 4.42. The number of hydrogen-bond donors (Lipinski definition) is 1. The fourth-order valence-corrected chi connectivity index (χ4v) is 2.48. The molecule has 1 saturated carbocycles. The van der Waals surface area contributed by atoms with Gasteiger partial charge in [0.05, 0.1) is 0 Å². The van der Waals surface area contributed by atoms with Gasteiger partial charge in [0, 0.05) is 17.4 Å². The molecule has 1 aliphatic carbocycles. The van der Waals surface area contributed by atoms with Crippen LogP contribution in [0.25, 0.3) is 0 Å². The zero-order valence-corrected chi connectivity index (χ0v) is 11.0. The first-order chi connectivity index (χ1) is 7.25. The lowest BCUT2D eigenvalue weighted by Crippen LogP contribution is -2.13. The molecule has 2 rings (SSSR count). The quantitative estimate of drug-likeness (QED) is 0.831. The summed E-state index contributed by atoms with van der Waals surface area (Å²) in [6, 6.07) is 2.45. The second-order valence-corrected chi connectivity index (χ2v) is 6.00. The van der Waals surface area contributed by atoms with Crippen LogP contribution < -0.4 is 5.32 Å². The number of anilines is 1. The molecule has 1 aliphatic rings. The fraction of sp³-hybridized carbons (Fsp3) is 0.692. The number of rotatable bonds is 2. The van der Waals surface area contributed by atoms with E-state index in [0.717, 1.165) is 17.3 Å². The molecule has 0 spiro atoms. The minimum Gasteiger partial charge on any atom is -0.350 e. The summed E-state index contributed by atoms with van der Waals surface area (Å²) in [7, 11) is 0. The smallest absolute Gasteiger partial charge is 0.223 e. The molecule has 1 N–H and O–H groups in total. The van der Waals surface area contributed by atoms with Gasteiger partial charge in [-0.2, -0.15) is 0 Å². The third-order valence-electron chi connectivity index (χ3n) is 4.28. The van der Waals surface area contributed by atoms with Gasteiger partial charge in [0.25, 0.3) is 0 Å². The van der Waals surface area contributed by atoms with Crippen molar-refractivity contribution in [3.05, 3.63) is 17.5 Å². The first-order valence-electron chi connectivity index (χ1n) is 5.84. The first-order valence-corrected chi connectivity index (χ1v) is 5.84. The summed E-state index contributed by atoms with van der Waals surface area (Å²) in [4.78, 5) is 8.85. The molecule has 3 heteroatoms. The summed E-state index contributed by atoms with van der Waals surface area (Å²) in [5, 5.41) is 3.46. The van der Waals surface area contributed by atoms with Crippen LogP contribution in [0.5, 0.6) is 0 Å². The number of nitrogens with one attached hydrogen (secondary N) is 1. The average Bonchev–Trinajstić information content (AvgIpc) is 2.46. The van der Waals surface area contributed by atoms with Crippen molar-refractivity contribution in [2.75, 3.05) is 5.32 Å². The number of nitrogens with zero attached hydrogens (tertiary/aromatic N) is 2. The molecule has 0 aliphatic heterocycles. The molecule has 0 amide bonds. The Hall–Kier alpha value is -1.12. The second-order valence-electron chi connectivity index (χ2n) is 6.00. The van der Waals surface area contributed by atoms with Crippen molar-refractivity contribution >= 4 is 5.95 Å². The molecule has 0 aromatic carbocycles. The molecule has 3 nitrogen and oxygen atoms in total. The van der Waals surface area contributed by atoms with E-state index in [0.29, 0.717) is 16.9 Å². The maximum Gasteiger partial charge on any atom is 0.223 e. The lowest BCUT2D eigenvalue weighted by Gasteiger charge is -2.07. The molecule has 16 heavy (non-hydrogen) atoms. The Morgan fingerprint density at radius 3 is 1.81 bits per heavy atom. The SMILES string of the molecule is Cc1cc(C)nc(NC2C(C)(C)C2(C)C)n1. The third kappa shape index (κ3) is 1.58. The van der Waals surface area contributed by atoms with Crippen molar-refractivity contribution in [3.8, 4) is 0 Å². The monoisotopic (exact) mass is 219 g/mol. The standard InChI is InChI=1S/C13H21N3/c1-8-7-9(2)15-11(14-8)16-10-12(3,4)13(10,5)6/h7,10H,1-6H3,(H,14,15,16). The molecule has 0 atom stereocenters. The largest absolute Gasteiger partial charge is 0.350 e. The van der Waals surface area contributed by atoms with Crippen molar-refractivity contribution in [1.29, 1.82) is 0 Å². The van der Waals surface area contributed by atoms with E-state index in [1.165, 1.54) is 0 Å². The van der Waals surface area contributed by atoms with Crippen LogP contribution in [0.4, 0.5) is 5.95 Å². The second kappa shape index (κ2) is 3.19. The van der Waals surface area contributed by atoms with E-state index in [1.807, 2.05) is 19.9 Å². The van der Waals surface area contributed by atoms with Gasteiger partial charge in [0.15, 0.2) is 0 Å². The predicted molar refractivity (Wildman–Crippen MR) is 66.5 cm³/mol. The van der Waals surface area contributed by atoms with Crippen LogP contribution in [0, 0.1) is 24.7 Å². The number of aryl methyl sites for hydroxylation is 2. The van der Waals surface area contributed by atoms with Gasteiger partial charge < -0.3 is 5.32 Å². The lowest BCUT2D eigenvalue weighted by molar-refractivity contribution is 0.457. The van der Waals surface area contributed by atoms with Crippen molar-refractivity contribution in [1.82, 2.24) is 9.97 Å². The van der Waals surface area contributed by atoms with E-state index in [-0.39, 0.29) is 0 Å². The van der Waals surface area contributed by atoms with Crippen LogP contribution >= 0.6 is 0 Å². The minimum absolute atomic E-state index is 0.314. The van der Waals surface area contributed by atoms with E-state index < -0.39 is 0 Å². The molecular formula is C13H21N3. The lowest BCUT2D eigenvalue weighted by atomic mass is 10.0. The zero-order valence-electron chi connectivity index (χ0n) is 11.0. The highest BCUT2D eigenvalue weighted by molar-refractivity contribution is 5.37. The van der Waals surface area contributed by atoms with Crippen molar-refractivity contribution in [3.63, 3.8) is 0 Å². The van der Waals surface area contributed by atoms with Crippen LogP contribution in [0.1, 0.15) is 39.1 Å². The summed E-state index contributed by atoms with van der Waals surface area (Å²) in [5.41, 5.74) is 2.67. The van der Waals surface area contributed by atoms with Crippen LogP contribution in [-0.2, 0) is 0 Å². The zero-order chi connectivity index (χ0) is 12.1. The van der Waals surface area contributed by atoms with E-state index in [2.05, 4.69) is 43.0 Å². The Morgan fingerprint density at radius 1 is 1.00 bits per heavy atom. The van der Waals surface area contributed by atoms with Gasteiger partial charge in [0.2, 0.25) is 5.95 Å². The molecule has 0 saturated heterocycles. The summed E-state index contributed by atoms with van der Waals surface area (Å²) in [5.74, 6) is 0.765. The Balaban J connectivity index is 2.18. The summed E-state index contributed by atoms with van der Waals surface area (Å²) in [6.45, 7) is 13.1.